The number of hydrogen-bond acceptors (Lipinski definition) is 5. The second kappa shape index (κ2) is 7.88. The molecule has 0 aliphatic heterocycles. The number of carboxylic acids is 1. The van der Waals surface area contributed by atoms with E-state index >= 15 is 0 Å². The van der Waals surface area contributed by atoms with Gasteiger partial charge < -0.3 is 19.7 Å². The van der Waals surface area contributed by atoms with Gasteiger partial charge in [-0.3, -0.25) is 9.69 Å². The van der Waals surface area contributed by atoms with Crippen molar-refractivity contribution in [2.45, 2.75) is 25.6 Å². The van der Waals surface area contributed by atoms with E-state index in [-0.39, 0.29) is 0 Å². The lowest BCUT2D eigenvalue weighted by atomic mass is 10.2. The zero-order valence-corrected chi connectivity index (χ0v) is 15.4. The topological polar surface area (TPSA) is 92.8 Å². The van der Waals surface area contributed by atoms with E-state index in [0.717, 1.165) is 33.5 Å². The lowest BCUT2D eigenvalue weighted by molar-refractivity contribution is -0.138. The molecular formula is C22H22N2O4. The van der Waals surface area contributed by atoms with Crippen LogP contribution in [0.1, 0.15) is 17.9 Å². The van der Waals surface area contributed by atoms with Gasteiger partial charge in [-0.25, -0.2) is 0 Å². The zero-order chi connectivity index (χ0) is 19.5. The van der Waals surface area contributed by atoms with Crippen molar-refractivity contribution in [2.24, 2.45) is 5.73 Å². The van der Waals surface area contributed by atoms with Gasteiger partial charge in [0.05, 0.1) is 13.1 Å². The Morgan fingerprint density at radius 3 is 1.89 bits per heavy atom. The van der Waals surface area contributed by atoms with Crippen LogP contribution in [0.2, 0.25) is 0 Å². The maximum atomic E-state index is 11.1. The van der Waals surface area contributed by atoms with Gasteiger partial charge in [0.2, 0.25) is 0 Å². The molecule has 0 saturated heterocycles. The Hall–Kier alpha value is -3.09. The Kier molecular flexibility index (Phi) is 5.14. The molecule has 2 aromatic carbocycles. The molecule has 6 heteroatoms. The van der Waals surface area contributed by atoms with Crippen LogP contribution in [0, 0.1) is 0 Å². The maximum Gasteiger partial charge on any atom is 0.320 e. The average Bonchev–Trinajstić information content (AvgIpc) is 3.28. The molecule has 0 aliphatic carbocycles. The van der Waals surface area contributed by atoms with E-state index < -0.39 is 12.0 Å². The van der Waals surface area contributed by atoms with E-state index in [2.05, 4.69) is 4.90 Å². The van der Waals surface area contributed by atoms with Gasteiger partial charge in [-0.15, -0.1) is 0 Å². The lowest BCUT2D eigenvalue weighted by Crippen LogP contribution is -2.35. The molecule has 3 N–H and O–H groups in total. The molecule has 0 saturated carbocycles. The fourth-order valence-corrected chi connectivity index (χ4v) is 3.33. The highest BCUT2D eigenvalue weighted by molar-refractivity contribution is 5.78. The first-order valence-electron chi connectivity index (χ1n) is 9.24. The molecular weight excluding hydrogens is 356 g/mol. The summed E-state index contributed by atoms with van der Waals surface area (Å²) in [6, 6.07) is 18.8. The summed E-state index contributed by atoms with van der Waals surface area (Å²) in [5.74, 6) is 0.648. The number of nitrogens with zero attached hydrogens (tertiary/aromatic N) is 1. The summed E-state index contributed by atoms with van der Waals surface area (Å²) < 4.78 is 11.9. The average molecular weight is 378 g/mol. The minimum atomic E-state index is -0.993. The number of aliphatic carboxylic acids is 1. The first-order chi connectivity index (χ1) is 13.6. The second-order valence-electron chi connectivity index (χ2n) is 6.95. The van der Waals surface area contributed by atoms with Crippen LogP contribution in [0.25, 0.3) is 21.9 Å². The molecule has 28 heavy (non-hydrogen) atoms. The van der Waals surface area contributed by atoms with E-state index in [1.165, 1.54) is 0 Å². The number of para-hydroxylation sites is 2. The van der Waals surface area contributed by atoms with Crippen molar-refractivity contribution in [3.8, 4) is 0 Å². The summed E-state index contributed by atoms with van der Waals surface area (Å²) in [6.45, 7) is 1.59. The number of fused-ring (bicyclic) bond motifs is 2. The largest absolute Gasteiger partial charge is 0.480 e. The summed E-state index contributed by atoms with van der Waals surface area (Å²) in [7, 11) is 0. The zero-order valence-electron chi connectivity index (χ0n) is 15.4. The third kappa shape index (κ3) is 4.08. The predicted molar refractivity (Wildman–Crippen MR) is 107 cm³/mol. The third-order valence-corrected chi connectivity index (χ3v) is 4.79. The van der Waals surface area contributed by atoms with Gasteiger partial charge in [-0.2, -0.15) is 0 Å². The lowest BCUT2D eigenvalue weighted by Gasteiger charge is -2.21. The quantitative estimate of drug-likeness (QED) is 0.482. The smallest absolute Gasteiger partial charge is 0.320 e. The molecule has 0 bridgehead atoms. The van der Waals surface area contributed by atoms with Crippen LogP contribution in [0.3, 0.4) is 0 Å². The Bertz CT molecular complexity index is 956. The molecule has 4 rings (SSSR count). The van der Waals surface area contributed by atoms with Crippen LogP contribution in [0.15, 0.2) is 69.5 Å². The molecule has 0 amide bonds. The number of carbonyl (C=O) groups is 1. The molecule has 0 unspecified atom stereocenters. The van der Waals surface area contributed by atoms with E-state index in [9.17, 15) is 4.79 Å². The van der Waals surface area contributed by atoms with E-state index in [1.807, 2.05) is 60.7 Å². The summed E-state index contributed by atoms with van der Waals surface area (Å²) in [5.41, 5.74) is 7.37. The first-order valence-corrected chi connectivity index (χ1v) is 9.24. The Labute approximate surface area is 162 Å². The molecule has 2 aromatic heterocycles. The normalized spacial score (nSPS) is 12.8. The van der Waals surface area contributed by atoms with E-state index in [0.29, 0.717) is 26.1 Å². The standard InChI is InChI=1S/C22H22N2O4/c23-19(22(25)26)9-10-24(13-17-11-15-5-1-3-7-20(15)27-17)14-18-12-16-6-2-4-8-21(16)28-18/h1-8,11-12,19H,9-10,13-14,23H2,(H,25,26)/t19-/m0/s1. The van der Waals surface area contributed by atoms with Crippen LogP contribution in [-0.4, -0.2) is 28.6 Å². The minimum absolute atomic E-state index is 0.343. The van der Waals surface area contributed by atoms with Crippen LogP contribution < -0.4 is 5.73 Å². The number of hydrogen-bond donors (Lipinski definition) is 2. The number of benzene rings is 2. The monoisotopic (exact) mass is 378 g/mol. The molecule has 0 fully saturated rings. The summed E-state index contributed by atoms with van der Waals surface area (Å²) in [4.78, 5) is 13.2. The Balaban J connectivity index is 1.54. The van der Waals surface area contributed by atoms with Crippen molar-refractivity contribution in [1.82, 2.24) is 4.90 Å². The van der Waals surface area contributed by atoms with Crippen molar-refractivity contribution >= 4 is 27.9 Å². The Morgan fingerprint density at radius 1 is 0.929 bits per heavy atom. The number of furan rings is 2. The van der Waals surface area contributed by atoms with Gasteiger partial charge in [-0.05, 0) is 30.7 Å². The SMILES string of the molecule is N[C@@H](CCN(Cc1cc2ccccc2o1)Cc1cc2ccccc2o1)C(=O)O. The molecule has 0 radical (unpaired) electrons. The minimum Gasteiger partial charge on any atom is -0.480 e. The predicted octanol–water partition coefficient (Wildman–Crippen LogP) is 3.98. The summed E-state index contributed by atoms with van der Waals surface area (Å²) in [6.07, 6.45) is 0.343. The first kappa shape index (κ1) is 18.3. The van der Waals surface area contributed by atoms with Crippen molar-refractivity contribution < 1.29 is 18.7 Å². The molecule has 6 nitrogen and oxygen atoms in total. The molecule has 4 aromatic rings. The molecule has 1 atom stereocenters. The van der Waals surface area contributed by atoms with Gasteiger partial charge in [0.1, 0.15) is 28.7 Å². The molecule has 0 spiro atoms. The fourth-order valence-electron chi connectivity index (χ4n) is 3.33. The van der Waals surface area contributed by atoms with Crippen molar-refractivity contribution in [2.75, 3.05) is 6.54 Å². The van der Waals surface area contributed by atoms with Crippen molar-refractivity contribution in [1.29, 1.82) is 0 Å². The van der Waals surface area contributed by atoms with E-state index in [4.69, 9.17) is 19.7 Å². The molecule has 144 valence electrons. The highest BCUT2D eigenvalue weighted by Crippen LogP contribution is 2.23. The Morgan fingerprint density at radius 2 is 1.43 bits per heavy atom. The van der Waals surface area contributed by atoms with Gasteiger partial charge in [0, 0.05) is 17.3 Å². The van der Waals surface area contributed by atoms with Crippen LogP contribution in [0.5, 0.6) is 0 Å². The maximum absolute atomic E-state index is 11.1. The third-order valence-electron chi connectivity index (χ3n) is 4.79. The number of carboxylic acid groups (broad SMARTS) is 1. The summed E-state index contributed by atoms with van der Waals surface area (Å²) in [5, 5.41) is 11.2. The fraction of sp³-hybridized carbons (Fsp3) is 0.227. The van der Waals surface area contributed by atoms with Crippen molar-refractivity contribution in [3.63, 3.8) is 0 Å². The number of nitrogens with two attached hydrogens (primary N) is 1. The van der Waals surface area contributed by atoms with Crippen LogP contribution in [0.4, 0.5) is 0 Å². The van der Waals surface area contributed by atoms with Crippen LogP contribution in [-0.2, 0) is 17.9 Å². The number of rotatable bonds is 8. The van der Waals surface area contributed by atoms with Gasteiger partial charge in [0.25, 0.3) is 0 Å². The van der Waals surface area contributed by atoms with E-state index in [1.54, 1.807) is 0 Å². The van der Waals surface area contributed by atoms with Crippen molar-refractivity contribution in [3.05, 3.63) is 72.2 Å². The summed E-state index contributed by atoms with van der Waals surface area (Å²) >= 11 is 0. The van der Waals surface area contributed by atoms with Crippen LogP contribution >= 0.6 is 0 Å². The molecule has 2 heterocycles. The van der Waals surface area contributed by atoms with Gasteiger partial charge >= 0.3 is 5.97 Å². The highest BCUT2D eigenvalue weighted by atomic mass is 16.4. The second-order valence-corrected chi connectivity index (χ2v) is 6.95. The highest BCUT2D eigenvalue weighted by Gasteiger charge is 2.17. The van der Waals surface area contributed by atoms with Gasteiger partial charge in [-0.1, -0.05) is 36.4 Å². The van der Waals surface area contributed by atoms with Gasteiger partial charge in [0.15, 0.2) is 0 Å². The molecule has 0 aliphatic rings.